The van der Waals surface area contributed by atoms with Crippen molar-refractivity contribution in [2.45, 2.75) is 19.7 Å². The summed E-state index contributed by atoms with van der Waals surface area (Å²) in [5, 5.41) is 3.17. The third kappa shape index (κ3) is 5.76. The fraction of sp³-hybridized carbons (Fsp3) is 0.407. The number of piperazine rings is 1. The van der Waals surface area contributed by atoms with Gasteiger partial charge in [0, 0.05) is 70.2 Å². The Morgan fingerprint density at radius 2 is 1.97 bits per heavy atom. The second-order valence-corrected chi connectivity index (χ2v) is 10.2. The number of pyridine rings is 1. The minimum atomic E-state index is -1.18. The van der Waals surface area contributed by atoms with Crippen molar-refractivity contribution in [2.75, 3.05) is 52.6 Å². The molecule has 5 rings (SSSR count). The summed E-state index contributed by atoms with van der Waals surface area (Å²) in [7, 11) is 5.31. The van der Waals surface area contributed by atoms with E-state index < -0.39 is 23.8 Å². The molecule has 0 radical (unpaired) electrons. The van der Waals surface area contributed by atoms with Crippen molar-refractivity contribution in [3.8, 4) is 5.75 Å². The number of anilines is 1. The number of aliphatic imine (C=N–C) groups is 2. The molecule has 2 aromatic heterocycles. The molecule has 2 atom stereocenters. The summed E-state index contributed by atoms with van der Waals surface area (Å²) in [6.45, 7) is 6.59. The van der Waals surface area contributed by atoms with Gasteiger partial charge in [-0.25, -0.2) is 23.7 Å². The number of rotatable bonds is 6. The molecule has 2 aliphatic heterocycles. The van der Waals surface area contributed by atoms with Crippen molar-refractivity contribution < 1.29 is 18.3 Å². The molecule has 1 aromatic carbocycles. The van der Waals surface area contributed by atoms with Crippen LogP contribution in [0.3, 0.4) is 0 Å². The first kappa shape index (κ1) is 26.7. The number of aromatic amines is 1. The molecule has 10 nitrogen and oxygen atoms in total. The summed E-state index contributed by atoms with van der Waals surface area (Å²) in [6, 6.07) is 6.26. The number of nitrogens with zero attached hydrogens (tertiary/aromatic N) is 6. The molecule has 206 valence electrons. The smallest absolute Gasteiger partial charge is 0.238 e. The first-order chi connectivity index (χ1) is 18.7. The van der Waals surface area contributed by atoms with Crippen LogP contribution in [-0.2, 0) is 11.3 Å². The van der Waals surface area contributed by atoms with Crippen molar-refractivity contribution in [3.05, 3.63) is 53.4 Å². The number of carbonyl (C=O) groups is 1. The number of aryl methyl sites for hydroxylation is 1. The van der Waals surface area contributed by atoms with Crippen molar-refractivity contribution in [3.63, 3.8) is 0 Å². The molecule has 0 aliphatic carbocycles. The second-order valence-electron chi connectivity index (χ2n) is 10.2. The van der Waals surface area contributed by atoms with Gasteiger partial charge in [0.25, 0.3) is 0 Å². The van der Waals surface area contributed by atoms with Crippen LogP contribution in [0.25, 0.3) is 10.9 Å². The number of fused-ring (bicyclic) bond motifs is 1. The number of nitrogens with one attached hydrogen (secondary N) is 2. The lowest BCUT2D eigenvalue weighted by Gasteiger charge is -2.32. The number of hydrogen-bond acceptors (Lipinski definition) is 8. The molecular formula is C27H32F2N8O2. The first-order valence-corrected chi connectivity index (χ1v) is 12.8. The van der Waals surface area contributed by atoms with Crippen LogP contribution in [0.5, 0.6) is 5.75 Å². The topological polar surface area (TPSA) is 101 Å². The average Bonchev–Trinajstić information content (AvgIpc) is 3.32. The Morgan fingerprint density at radius 3 is 2.67 bits per heavy atom. The summed E-state index contributed by atoms with van der Waals surface area (Å²) in [5.74, 6) is -2.42. The molecule has 1 fully saturated rings. The third-order valence-electron chi connectivity index (χ3n) is 6.93. The highest BCUT2D eigenvalue weighted by Crippen LogP contribution is 2.32. The Bertz CT molecular complexity index is 1410. The number of hydrogen-bond donors (Lipinski definition) is 2. The fourth-order valence-corrected chi connectivity index (χ4v) is 4.73. The summed E-state index contributed by atoms with van der Waals surface area (Å²) in [6.07, 6.45) is 1.85. The van der Waals surface area contributed by atoms with E-state index in [9.17, 15) is 9.18 Å². The standard InChI is InChI=1S/C27H32F2N8O2/c1-16-11-18-23(29)20(12-19(28)24(18)33-16)39-26-22(27(38)35(2)3)25(31-15-32-26)34-21-6-5-17(13-30-21)14-37-9-7-36(4)8-10-37/h5-6,11-13,15,22,26,33H,7-10,14H2,1-4H3,(H,30,31,32,34). The van der Waals surface area contributed by atoms with Crippen LogP contribution >= 0.6 is 0 Å². The number of likely N-dealkylation sites (N-methyl/N-ethyl adjacent to an activating group) is 1. The van der Waals surface area contributed by atoms with Crippen LogP contribution in [0, 0.1) is 24.5 Å². The van der Waals surface area contributed by atoms with Gasteiger partial charge in [0.1, 0.15) is 18.0 Å². The molecule has 39 heavy (non-hydrogen) atoms. The van der Waals surface area contributed by atoms with E-state index >= 15 is 4.39 Å². The lowest BCUT2D eigenvalue weighted by atomic mass is 10.0. The second kappa shape index (κ2) is 11.1. The van der Waals surface area contributed by atoms with Gasteiger partial charge in [0.05, 0.1) is 5.52 Å². The van der Waals surface area contributed by atoms with Crippen molar-refractivity contribution in [1.29, 1.82) is 0 Å². The predicted octanol–water partition coefficient (Wildman–Crippen LogP) is 2.86. The monoisotopic (exact) mass is 538 g/mol. The van der Waals surface area contributed by atoms with Gasteiger partial charge < -0.3 is 24.8 Å². The maximum absolute atomic E-state index is 15.3. The first-order valence-electron chi connectivity index (χ1n) is 12.8. The van der Waals surface area contributed by atoms with Crippen molar-refractivity contribution in [2.24, 2.45) is 15.9 Å². The number of amidine groups is 1. The van der Waals surface area contributed by atoms with E-state index in [1.807, 2.05) is 12.1 Å². The van der Waals surface area contributed by atoms with Crippen LogP contribution in [0.4, 0.5) is 14.6 Å². The number of carbonyl (C=O) groups excluding carboxylic acids is 1. The highest BCUT2D eigenvalue weighted by atomic mass is 19.1. The van der Waals surface area contributed by atoms with Crippen molar-refractivity contribution >= 4 is 34.8 Å². The summed E-state index contributed by atoms with van der Waals surface area (Å²) >= 11 is 0. The summed E-state index contributed by atoms with van der Waals surface area (Å²) < 4.78 is 35.8. The van der Waals surface area contributed by atoms with E-state index in [0.29, 0.717) is 11.5 Å². The van der Waals surface area contributed by atoms with Crippen LogP contribution in [0.15, 0.2) is 40.4 Å². The van der Waals surface area contributed by atoms with Gasteiger partial charge in [-0.2, -0.15) is 0 Å². The lowest BCUT2D eigenvalue weighted by Crippen LogP contribution is -2.47. The van der Waals surface area contributed by atoms with Gasteiger partial charge in [0.15, 0.2) is 23.3 Å². The van der Waals surface area contributed by atoms with Gasteiger partial charge in [-0.05, 0) is 31.7 Å². The highest BCUT2D eigenvalue weighted by molar-refractivity contribution is 6.12. The zero-order chi connectivity index (χ0) is 27.7. The van der Waals surface area contributed by atoms with Gasteiger partial charge in [-0.15, -0.1) is 0 Å². The Morgan fingerprint density at radius 1 is 1.21 bits per heavy atom. The molecule has 4 heterocycles. The van der Waals surface area contributed by atoms with Gasteiger partial charge in [-0.3, -0.25) is 9.69 Å². The molecule has 1 amide bonds. The predicted molar refractivity (Wildman–Crippen MR) is 146 cm³/mol. The van der Waals surface area contributed by atoms with E-state index in [2.05, 4.69) is 42.1 Å². The molecular weight excluding hydrogens is 506 g/mol. The van der Waals surface area contributed by atoms with Gasteiger partial charge in [0.2, 0.25) is 12.1 Å². The third-order valence-corrected chi connectivity index (χ3v) is 6.93. The molecule has 2 aliphatic rings. The van der Waals surface area contributed by atoms with Crippen LogP contribution in [0.2, 0.25) is 0 Å². The summed E-state index contributed by atoms with van der Waals surface area (Å²) in [4.78, 5) is 35.1. The molecule has 1 saturated heterocycles. The normalized spacial score (nSPS) is 20.2. The van der Waals surface area contributed by atoms with E-state index in [0.717, 1.165) is 44.4 Å². The minimum absolute atomic E-state index is 0.0523. The lowest BCUT2D eigenvalue weighted by molar-refractivity contribution is -0.133. The fourth-order valence-electron chi connectivity index (χ4n) is 4.73. The zero-order valence-corrected chi connectivity index (χ0v) is 22.4. The number of ether oxygens (including phenoxy) is 1. The molecule has 0 saturated carbocycles. The zero-order valence-electron chi connectivity index (χ0n) is 22.4. The van der Waals surface area contributed by atoms with Gasteiger partial charge >= 0.3 is 0 Å². The minimum Gasteiger partial charge on any atom is -0.464 e. The number of amides is 1. The number of halogens is 2. The Kier molecular flexibility index (Phi) is 7.58. The quantitative estimate of drug-likeness (QED) is 0.501. The Labute approximate surface area is 225 Å². The largest absolute Gasteiger partial charge is 0.464 e. The van der Waals surface area contributed by atoms with Crippen LogP contribution in [-0.4, -0.2) is 96.3 Å². The Balaban J connectivity index is 1.34. The Hall–Kier alpha value is -3.90. The van der Waals surface area contributed by atoms with E-state index in [1.54, 1.807) is 27.2 Å². The van der Waals surface area contributed by atoms with Gasteiger partial charge in [-0.1, -0.05) is 6.07 Å². The number of aromatic nitrogens is 2. The van der Waals surface area contributed by atoms with Crippen LogP contribution < -0.4 is 10.1 Å². The maximum atomic E-state index is 15.3. The SMILES string of the molecule is Cc1cc2c(F)c(OC3N=CN=C(Nc4ccc(CN5CCN(C)CC5)cn4)C3C(=O)N(C)C)cc(F)c2[nH]1. The van der Waals surface area contributed by atoms with Crippen LogP contribution in [0.1, 0.15) is 11.3 Å². The van der Waals surface area contributed by atoms with E-state index in [-0.39, 0.29) is 28.4 Å². The molecule has 0 bridgehead atoms. The van der Waals surface area contributed by atoms with E-state index in [4.69, 9.17) is 4.74 Å². The molecule has 2 unspecified atom stereocenters. The molecule has 12 heteroatoms. The van der Waals surface area contributed by atoms with Crippen molar-refractivity contribution in [1.82, 2.24) is 24.7 Å². The molecule has 2 N–H and O–H groups in total. The maximum Gasteiger partial charge on any atom is 0.238 e. The number of benzene rings is 1. The molecule has 0 spiro atoms. The van der Waals surface area contributed by atoms with E-state index in [1.165, 1.54) is 17.3 Å². The summed E-state index contributed by atoms with van der Waals surface area (Å²) in [5.41, 5.74) is 1.74. The average molecular weight is 539 g/mol. The highest BCUT2D eigenvalue weighted by Gasteiger charge is 2.38. The number of H-pyrrole nitrogens is 1. The molecule has 3 aromatic rings.